The molecular formula is C22H13Cl2N3S. The Morgan fingerprint density at radius 3 is 2.43 bits per heavy atom. The number of halogens is 2. The van der Waals surface area contributed by atoms with Crippen LogP contribution in [0.5, 0.6) is 0 Å². The molecule has 0 fully saturated rings. The Kier molecular flexibility index (Phi) is 4.40. The third-order valence-corrected chi connectivity index (χ3v) is 6.13. The van der Waals surface area contributed by atoms with Crippen LogP contribution in [0, 0.1) is 0 Å². The van der Waals surface area contributed by atoms with Gasteiger partial charge in [0, 0.05) is 27.9 Å². The molecule has 0 saturated carbocycles. The van der Waals surface area contributed by atoms with Gasteiger partial charge in [-0.2, -0.15) is 0 Å². The third-order valence-electron chi connectivity index (χ3n) is 4.48. The van der Waals surface area contributed by atoms with Gasteiger partial charge in [-0.05, 0) is 30.3 Å². The van der Waals surface area contributed by atoms with Crippen molar-refractivity contribution in [3.05, 3.63) is 83.0 Å². The highest BCUT2D eigenvalue weighted by atomic mass is 35.5. The summed E-state index contributed by atoms with van der Waals surface area (Å²) < 4.78 is 1.13. The van der Waals surface area contributed by atoms with E-state index in [-0.39, 0.29) is 0 Å². The monoisotopic (exact) mass is 421 g/mol. The molecule has 5 aromatic rings. The zero-order valence-electron chi connectivity index (χ0n) is 14.5. The molecule has 3 aromatic carbocycles. The molecule has 6 heteroatoms. The Bertz CT molecular complexity index is 1290. The second kappa shape index (κ2) is 7.06. The van der Waals surface area contributed by atoms with E-state index in [2.05, 4.69) is 29.2 Å². The molecule has 0 spiro atoms. The third kappa shape index (κ3) is 3.20. The number of nitrogens with zero attached hydrogens (tertiary/aromatic N) is 2. The van der Waals surface area contributed by atoms with Gasteiger partial charge >= 0.3 is 0 Å². The maximum Gasteiger partial charge on any atom is 0.139 e. The fourth-order valence-corrected chi connectivity index (χ4v) is 4.41. The first-order valence-electron chi connectivity index (χ1n) is 8.64. The predicted molar refractivity (Wildman–Crippen MR) is 118 cm³/mol. The van der Waals surface area contributed by atoms with Crippen molar-refractivity contribution in [2.75, 3.05) is 0 Å². The summed E-state index contributed by atoms with van der Waals surface area (Å²) >= 11 is 14.0. The van der Waals surface area contributed by atoms with Crippen molar-refractivity contribution >= 4 is 44.8 Å². The van der Waals surface area contributed by atoms with Crippen molar-refractivity contribution in [1.82, 2.24) is 15.0 Å². The number of nitrogens with one attached hydrogen (secondary N) is 1. The zero-order valence-corrected chi connectivity index (χ0v) is 16.8. The van der Waals surface area contributed by atoms with Gasteiger partial charge in [-0.25, -0.2) is 9.97 Å². The number of benzene rings is 3. The van der Waals surface area contributed by atoms with Gasteiger partial charge in [-0.1, -0.05) is 59.6 Å². The number of imidazole rings is 1. The fourth-order valence-electron chi connectivity index (χ4n) is 3.07. The van der Waals surface area contributed by atoms with Crippen molar-refractivity contribution in [2.45, 2.75) is 0 Å². The molecule has 3 nitrogen and oxygen atoms in total. The quantitative estimate of drug-likeness (QED) is 0.331. The molecule has 2 heterocycles. The van der Waals surface area contributed by atoms with Crippen LogP contribution in [0.4, 0.5) is 0 Å². The van der Waals surface area contributed by atoms with E-state index in [0.29, 0.717) is 10.0 Å². The van der Waals surface area contributed by atoms with Crippen molar-refractivity contribution in [1.29, 1.82) is 0 Å². The average Bonchev–Trinajstić information content (AvgIpc) is 3.35. The molecule has 28 heavy (non-hydrogen) atoms. The summed E-state index contributed by atoms with van der Waals surface area (Å²) in [4.78, 5) is 12.6. The molecule has 0 atom stereocenters. The highest BCUT2D eigenvalue weighted by molar-refractivity contribution is 7.21. The molecule has 0 bridgehead atoms. The first-order chi connectivity index (χ1) is 13.7. The summed E-state index contributed by atoms with van der Waals surface area (Å²) in [5, 5.41) is 2.35. The second-order valence-electron chi connectivity index (χ2n) is 6.32. The molecule has 0 radical (unpaired) electrons. The predicted octanol–water partition coefficient (Wildman–Crippen LogP) is 7.33. The fraction of sp³-hybridized carbons (Fsp3) is 0. The van der Waals surface area contributed by atoms with E-state index >= 15 is 0 Å². The smallest absolute Gasteiger partial charge is 0.139 e. The summed E-state index contributed by atoms with van der Waals surface area (Å²) in [6, 6.07) is 21.7. The molecule has 0 aliphatic heterocycles. The lowest BCUT2D eigenvalue weighted by atomic mass is 10.1. The van der Waals surface area contributed by atoms with Gasteiger partial charge < -0.3 is 4.98 Å². The molecule has 0 unspecified atom stereocenters. The number of H-pyrrole nitrogens is 1. The number of thiazole rings is 1. The Hall–Kier alpha value is -2.66. The van der Waals surface area contributed by atoms with E-state index in [0.717, 1.165) is 43.4 Å². The number of rotatable bonds is 3. The van der Waals surface area contributed by atoms with Crippen molar-refractivity contribution < 1.29 is 0 Å². The van der Waals surface area contributed by atoms with Gasteiger partial charge in [0.25, 0.3) is 0 Å². The minimum Gasteiger partial charge on any atom is -0.344 e. The molecule has 0 aliphatic carbocycles. The molecule has 5 rings (SSSR count). The first kappa shape index (κ1) is 17.4. The van der Waals surface area contributed by atoms with E-state index in [1.165, 1.54) is 0 Å². The molecule has 0 aliphatic rings. The van der Waals surface area contributed by atoms with Crippen LogP contribution >= 0.6 is 34.5 Å². The Balaban J connectivity index is 1.46. The number of hydrogen-bond donors (Lipinski definition) is 1. The molecule has 0 amide bonds. The second-order valence-corrected chi connectivity index (χ2v) is 8.20. The highest BCUT2D eigenvalue weighted by Gasteiger charge is 2.10. The number of fused-ring (bicyclic) bond motifs is 1. The van der Waals surface area contributed by atoms with Crippen LogP contribution in [-0.4, -0.2) is 15.0 Å². The van der Waals surface area contributed by atoms with E-state index in [4.69, 9.17) is 33.2 Å². The van der Waals surface area contributed by atoms with Gasteiger partial charge in [-0.3, -0.25) is 0 Å². The summed E-state index contributed by atoms with van der Waals surface area (Å²) in [7, 11) is 0. The summed E-state index contributed by atoms with van der Waals surface area (Å²) in [6.45, 7) is 0. The lowest BCUT2D eigenvalue weighted by molar-refractivity contribution is 1.31. The topological polar surface area (TPSA) is 41.6 Å². The van der Waals surface area contributed by atoms with Gasteiger partial charge in [0.15, 0.2) is 0 Å². The number of hydrogen-bond acceptors (Lipinski definition) is 3. The molecule has 0 saturated heterocycles. The van der Waals surface area contributed by atoms with E-state index < -0.39 is 0 Å². The molecular weight excluding hydrogens is 409 g/mol. The van der Waals surface area contributed by atoms with E-state index in [1.54, 1.807) is 11.3 Å². The summed E-state index contributed by atoms with van der Waals surface area (Å²) in [6.07, 6.45) is 1.90. The van der Waals surface area contributed by atoms with Crippen LogP contribution in [0.3, 0.4) is 0 Å². The summed E-state index contributed by atoms with van der Waals surface area (Å²) in [5.41, 5.74) is 4.79. The maximum atomic E-state index is 6.27. The Morgan fingerprint density at radius 2 is 1.61 bits per heavy atom. The average molecular weight is 422 g/mol. The van der Waals surface area contributed by atoms with Crippen LogP contribution in [0.25, 0.3) is 43.4 Å². The van der Waals surface area contributed by atoms with Crippen LogP contribution in [0.15, 0.2) is 72.9 Å². The van der Waals surface area contributed by atoms with Crippen LogP contribution in [0.1, 0.15) is 0 Å². The largest absolute Gasteiger partial charge is 0.344 e. The van der Waals surface area contributed by atoms with Gasteiger partial charge in [0.1, 0.15) is 10.8 Å². The lowest BCUT2D eigenvalue weighted by Gasteiger charge is -2.00. The Morgan fingerprint density at radius 1 is 0.821 bits per heavy atom. The Labute approximate surface area is 175 Å². The molecule has 1 N–H and O–H groups in total. The van der Waals surface area contributed by atoms with E-state index in [1.807, 2.05) is 48.7 Å². The minimum atomic E-state index is 0.676. The van der Waals surface area contributed by atoms with Gasteiger partial charge in [-0.15, -0.1) is 11.3 Å². The maximum absolute atomic E-state index is 6.27. The van der Waals surface area contributed by atoms with Crippen molar-refractivity contribution in [2.24, 2.45) is 0 Å². The highest BCUT2D eigenvalue weighted by Crippen LogP contribution is 2.33. The van der Waals surface area contributed by atoms with Gasteiger partial charge in [0.05, 0.1) is 20.9 Å². The zero-order chi connectivity index (χ0) is 19.1. The SMILES string of the molecule is Clc1ccc2sc(-c3ccc(-c4c[nH]c(-c5ccccc5Cl)n4)cc3)nc2c1. The van der Waals surface area contributed by atoms with E-state index in [9.17, 15) is 0 Å². The summed E-state index contributed by atoms with van der Waals surface area (Å²) in [5.74, 6) is 0.757. The number of aromatic nitrogens is 3. The normalized spacial score (nSPS) is 11.2. The lowest BCUT2D eigenvalue weighted by Crippen LogP contribution is -1.83. The number of aromatic amines is 1. The first-order valence-corrected chi connectivity index (χ1v) is 10.2. The van der Waals surface area contributed by atoms with Crippen LogP contribution < -0.4 is 0 Å². The van der Waals surface area contributed by atoms with Crippen LogP contribution in [0.2, 0.25) is 10.0 Å². The molecule has 2 aromatic heterocycles. The minimum absolute atomic E-state index is 0.676. The molecule has 136 valence electrons. The van der Waals surface area contributed by atoms with Gasteiger partial charge in [0.2, 0.25) is 0 Å². The van der Waals surface area contributed by atoms with Crippen LogP contribution in [-0.2, 0) is 0 Å². The van der Waals surface area contributed by atoms with Crippen molar-refractivity contribution in [3.8, 4) is 33.2 Å². The van der Waals surface area contributed by atoms with Crippen molar-refractivity contribution in [3.63, 3.8) is 0 Å². The standard InChI is InChI=1S/C22H13Cl2N3S/c23-15-9-10-20-18(11-15)27-22(28-20)14-7-5-13(6-8-14)19-12-25-21(26-19)16-3-1-2-4-17(16)24/h1-12H,(H,25,26).